The Kier molecular flexibility index (Phi) is 3.80. The smallest absolute Gasteiger partial charge is 0.257 e. The van der Waals surface area contributed by atoms with Crippen LogP contribution in [0.1, 0.15) is 19.2 Å². The molecule has 1 aromatic heterocycles. The molecule has 106 valence electrons. The van der Waals surface area contributed by atoms with Gasteiger partial charge in [-0.15, -0.1) is 0 Å². The third kappa shape index (κ3) is 2.89. The number of benzene rings is 1. The van der Waals surface area contributed by atoms with E-state index in [0.717, 1.165) is 25.1 Å². The summed E-state index contributed by atoms with van der Waals surface area (Å²) < 4.78 is 5.30. The molecule has 1 saturated heterocycles. The molecule has 0 amide bonds. The number of nitrogens with zero attached hydrogens (tertiary/aromatic N) is 3. The van der Waals surface area contributed by atoms with Crippen LogP contribution >= 0.6 is 0 Å². The zero-order valence-corrected chi connectivity index (χ0v) is 11.6. The van der Waals surface area contributed by atoms with Crippen molar-refractivity contribution in [3.05, 3.63) is 36.2 Å². The van der Waals surface area contributed by atoms with Gasteiger partial charge in [0.15, 0.2) is 5.82 Å². The van der Waals surface area contributed by atoms with Gasteiger partial charge in [0, 0.05) is 12.1 Å². The van der Waals surface area contributed by atoms with Crippen molar-refractivity contribution < 1.29 is 9.63 Å². The summed E-state index contributed by atoms with van der Waals surface area (Å²) in [6.45, 7) is 4.41. The molecular formula is C15H19N3O2. The second kappa shape index (κ2) is 5.73. The van der Waals surface area contributed by atoms with Crippen LogP contribution in [0.2, 0.25) is 0 Å². The third-order valence-electron chi connectivity index (χ3n) is 3.84. The molecule has 0 spiro atoms. The molecule has 1 aliphatic heterocycles. The molecule has 0 radical (unpaired) electrons. The number of aliphatic hydroxyl groups excluding tert-OH is 1. The van der Waals surface area contributed by atoms with Gasteiger partial charge in [0.05, 0.1) is 12.6 Å². The van der Waals surface area contributed by atoms with Crippen molar-refractivity contribution in [2.45, 2.75) is 26.0 Å². The lowest BCUT2D eigenvalue weighted by Gasteiger charge is -2.15. The van der Waals surface area contributed by atoms with Gasteiger partial charge in [-0.3, -0.25) is 4.90 Å². The van der Waals surface area contributed by atoms with Crippen LogP contribution in [0.3, 0.4) is 0 Å². The van der Waals surface area contributed by atoms with E-state index in [1.165, 1.54) is 0 Å². The van der Waals surface area contributed by atoms with Crippen LogP contribution in [-0.2, 0) is 6.54 Å². The summed E-state index contributed by atoms with van der Waals surface area (Å²) in [4.78, 5) is 6.69. The first-order chi connectivity index (χ1) is 9.72. The Bertz CT molecular complexity index is 553. The van der Waals surface area contributed by atoms with Crippen LogP contribution in [0.5, 0.6) is 0 Å². The number of hydrogen-bond donors (Lipinski definition) is 1. The molecule has 0 aliphatic carbocycles. The SMILES string of the molecule is CC(O)C1CCN(Cc2noc(-c3ccccc3)n2)C1. The Labute approximate surface area is 118 Å². The predicted molar refractivity (Wildman–Crippen MR) is 74.8 cm³/mol. The zero-order chi connectivity index (χ0) is 13.9. The van der Waals surface area contributed by atoms with Crippen molar-refractivity contribution in [1.29, 1.82) is 0 Å². The Morgan fingerprint density at radius 2 is 2.20 bits per heavy atom. The van der Waals surface area contributed by atoms with Gasteiger partial charge < -0.3 is 9.63 Å². The first kappa shape index (κ1) is 13.3. The van der Waals surface area contributed by atoms with Crippen molar-refractivity contribution in [2.24, 2.45) is 5.92 Å². The normalized spacial score (nSPS) is 21.2. The van der Waals surface area contributed by atoms with E-state index in [1.54, 1.807) is 0 Å². The van der Waals surface area contributed by atoms with Crippen LogP contribution in [0.4, 0.5) is 0 Å². The topological polar surface area (TPSA) is 62.4 Å². The minimum atomic E-state index is -0.245. The third-order valence-corrected chi connectivity index (χ3v) is 3.84. The van der Waals surface area contributed by atoms with Gasteiger partial charge in [0.25, 0.3) is 5.89 Å². The number of hydrogen-bond acceptors (Lipinski definition) is 5. The van der Waals surface area contributed by atoms with Gasteiger partial charge in [-0.1, -0.05) is 23.4 Å². The van der Waals surface area contributed by atoms with Crippen LogP contribution in [0, 0.1) is 5.92 Å². The summed E-state index contributed by atoms with van der Waals surface area (Å²) in [6, 6.07) is 9.77. The molecule has 3 rings (SSSR count). The van der Waals surface area contributed by atoms with E-state index in [1.807, 2.05) is 37.3 Å². The maximum Gasteiger partial charge on any atom is 0.257 e. The molecule has 2 heterocycles. The van der Waals surface area contributed by atoms with E-state index in [2.05, 4.69) is 15.0 Å². The highest BCUT2D eigenvalue weighted by molar-refractivity contribution is 5.51. The minimum absolute atomic E-state index is 0.245. The molecule has 2 aromatic rings. The lowest BCUT2D eigenvalue weighted by atomic mass is 10.0. The second-order valence-corrected chi connectivity index (χ2v) is 5.41. The average Bonchev–Trinajstić information content (AvgIpc) is 3.10. The van der Waals surface area contributed by atoms with Crippen molar-refractivity contribution in [3.63, 3.8) is 0 Å². The van der Waals surface area contributed by atoms with Gasteiger partial charge in [-0.25, -0.2) is 0 Å². The fraction of sp³-hybridized carbons (Fsp3) is 0.467. The van der Waals surface area contributed by atoms with E-state index in [0.29, 0.717) is 24.2 Å². The maximum atomic E-state index is 9.61. The molecule has 1 fully saturated rings. The molecule has 5 nitrogen and oxygen atoms in total. The van der Waals surface area contributed by atoms with Gasteiger partial charge >= 0.3 is 0 Å². The fourth-order valence-corrected chi connectivity index (χ4v) is 2.62. The van der Waals surface area contributed by atoms with Gasteiger partial charge in [0.2, 0.25) is 0 Å². The predicted octanol–water partition coefficient (Wildman–Crippen LogP) is 1.94. The van der Waals surface area contributed by atoms with Gasteiger partial charge in [0.1, 0.15) is 0 Å². The van der Waals surface area contributed by atoms with Gasteiger partial charge in [-0.2, -0.15) is 4.98 Å². The van der Waals surface area contributed by atoms with Crippen molar-refractivity contribution in [2.75, 3.05) is 13.1 Å². The molecule has 2 unspecified atom stereocenters. The quantitative estimate of drug-likeness (QED) is 0.922. The lowest BCUT2D eigenvalue weighted by Crippen LogP contribution is -2.24. The van der Waals surface area contributed by atoms with E-state index in [-0.39, 0.29) is 6.10 Å². The van der Waals surface area contributed by atoms with Crippen LogP contribution in [0.15, 0.2) is 34.9 Å². The van der Waals surface area contributed by atoms with E-state index < -0.39 is 0 Å². The first-order valence-corrected chi connectivity index (χ1v) is 7.01. The Morgan fingerprint density at radius 1 is 1.40 bits per heavy atom. The number of rotatable bonds is 4. The summed E-state index contributed by atoms with van der Waals surface area (Å²) in [5.74, 6) is 1.62. The second-order valence-electron chi connectivity index (χ2n) is 5.41. The first-order valence-electron chi connectivity index (χ1n) is 7.01. The molecule has 0 bridgehead atoms. The monoisotopic (exact) mass is 273 g/mol. The molecular weight excluding hydrogens is 254 g/mol. The van der Waals surface area contributed by atoms with E-state index in [4.69, 9.17) is 4.52 Å². The maximum absolute atomic E-state index is 9.61. The van der Waals surface area contributed by atoms with Crippen molar-refractivity contribution in [1.82, 2.24) is 15.0 Å². The summed E-state index contributed by atoms with van der Waals surface area (Å²) in [5.41, 5.74) is 0.939. The molecule has 5 heteroatoms. The minimum Gasteiger partial charge on any atom is -0.393 e. The standard InChI is InChI=1S/C15H19N3O2/c1-11(19)13-7-8-18(9-13)10-14-16-15(20-17-14)12-5-3-2-4-6-12/h2-6,11,13,19H,7-10H2,1H3. The molecule has 0 saturated carbocycles. The lowest BCUT2D eigenvalue weighted by molar-refractivity contribution is 0.127. The van der Waals surface area contributed by atoms with Crippen molar-refractivity contribution in [3.8, 4) is 11.5 Å². The highest BCUT2D eigenvalue weighted by atomic mass is 16.5. The summed E-state index contributed by atoms with van der Waals surface area (Å²) in [6.07, 6.45) is 0.784. The molecule has 2 atom stereocenters. The van der Waals surface area contributed by atoms with Crippen LogP contribution in [-0.4, -0.2) is 39.3 Å². The Hall–Kier alpha value is -1.72. The summed E-state index contributed by atoms with van der Waals surface area (Å²) in [7, 11) is 0. The Morgan fingerprint density at radius 3 is 2.90 bits per heavy atom. The summed E-state index contributed by atoms with van der Waals surface area (Å²) >= 11 is 0. The summed E-state index contributed by atoms with van der Waals surface area (Å²) in [5, 5.41) is 13.6. The van der Waals surface area contributed by atoms with E-state index >= 15 is 0 Å². The average molecular weight is 273 g/mol. The molecule has 1 aliphatic rings. The molecule has 1 aromatic carbocycles. The fourth-order valence-electron chi connectivity index (χ4n) is 2.62. The van der Waals surface area contributed by atoms with E-state index in [9.17, 15) is 5.11 Å². The zero-order valence-electron chi connectivity index (χ0n) is 11.6. The largest absolute Gasteiger partial charge is 0.393 e. The number of likely N-dealkylation sites (tertiary alicyclic amines) is 1. The highest BCUT2D eigenvalue weighted by Gasteiger charge is 2.26. The highest BCUT2D eigenvalue weighted by Crippen LogP contribution is 2.22. The number of aliphatic hydroxyl groups is 1. The molecule has 20 heavy (non-hydrogen) atoms. The van der Waals surface area contributed by atoms with Crippen LogP contribution in [0.25, 0.3) is 11.5 Å². The number of aromatic nitrogens is 2. The molecule has 1 N–H and O–H groups in total. The Balaban J connectivity index is 1.64. The van der Waals surface area contributed by atoms with Crippen LogP contribution < -0.4 is 0 Å². The van der Waals surface area contributed by atoms with Crippen molar-refractivity contribution >= 4 is 0 Å². The van der Waals surface area contributed by atoms with Gasteiger partial charge in [-0.05, 0) is 37.9 Å².